The van der Waals surface area contributed by atoms with Gasteiger partial charge in [-0.25, -0.2) is 15.0 Å². The predicted molar refractivity (Wildman–Crippen MR) is 561 cm³/mol. The maximum absolute atomic E-state index is 14.9. The van der Waals surface area contributed by atoms with Gasteiger partial charge in [-0.3, -0.25) is 13.2 Å². The summed E-state index contributed by atoms with van der Waals surface area (Å²) in [4.78, 5) is 15.0. The van der Waals surface area contributed by atoms with Crippen LogP contribution >= 0.6 is 21.4 Å². The highest BCUT2D eigenvalue weighted by molar-refractivity contribution is 7.86. The molecule has 0 radical (unpaired) electrons. The fourth-order valence-corrected chi connectivity index (χ4v) is 27.8. The Morgan fingerprint density at radius 3 is 0.684 bits per heavy atom. The number of aromatic nitrogens is 6. The Morgan fingerprint density at radius 2 is 0.361 bits per heavy atom. The van der Waals surface area contributed by atoms with Gasteiger partial charge in [-0.2, -0.15) is 0 Å². The van der Waals surface area contributed by atoms with E-state index in [4.69, 9.17) is 15.0 Å². The topological polar surface area (TPSA) is 103 Å². The van der Waals surface area contributed by atoms with Crippen molar-refractivity contribution in [1.82, 2.24) is 28.2 Å². The molecule has 0 N–H and O–H groups in total. The molecule has 26 aromatic rings. The third-order valence-corrected chi connectivity index (χ3v) is 35.6. The summed E-state index contributed by atoms with van der Waals surface area (Å²) in [5.41, 5.74) is 21.7. The minimum atomic E-state index is -3.04. The molecule has 0 amide bonds. The third-order valence-electron chi connectivity index (χ3n) is 26.4. The fraction of sp³-hybridized carbons (Fsp3) is 0. The van der Waals surface area contributed by atoms with E-state index >= 15 is 0 Å². The number of para-hydroxylation sites is 6. The first kappa shape index (κ1) is 80.1. The first-order valence-corrected chi connectivity index (χ1v) is 49.9. The van der Waals surface area contributed by atoms with Crippen LogP contribution in [0.1, 0.15) is 0 Å². The standard InChI is InChI=1S/C43H29N2OP.C41H27N2OP.C37H25N2OP/c46-47(34-11-3-1-4-12-34,35-13-5-2-6-14-35)36-26-23-31(24-27-36)30-19-21-32(22-20-30)33-25-28-41-39(29-33)37-15-7-8-16-38(37)43-44-40-17-9-10-18-42(40)45(41)43;44-45(32-11-3-1-4-12-32,33-13-5-2-6-14-33)34-23-21-29-25-28(19-20-30(29)26-34)31-22-24-39-37(27-31)35-15-7-8-16-36(35)41-42-38-17-9-10-18-40(38)43(39)41;40-41(28-11-3-1-4-12-28,29-13-5-2-6-14-29)30-22-19-26(20-23-30)27-21-24-35-33(25-27)31-15-7-8-16-32(31)37-38-34-17-9-10-18-36(34)39(35)37/h1-29H;1-27H;1-25H. The maximum Gasteiger partial charge on any atom is 0.171 e. The molecule has 0 aliphatic rings. The van der Waals surface area contributed by atoms with Crippen LogP contribution in [0.25, 0.3) is 170 Å². The van der Waals surface area contributed by atoms with Crippen molar-refractivity contribution in [2.75, 3.05) is 0 Å². The summed E-state index contributed by atoms with van der Waals surface area (Å²) in [5.74, 6) is 0. The molecule has 0 fully saturated rings. The highest BCUT2D eigenvalue weighted by Gasteiger charge is 2.33. The van der Waals surface area contributed by atoms with Crippen molar-refractivity contribution in [1.29, 1.82) is 0 Å². The Bertz CT molecular complexity index is 9090. The molecule has 0 atom stereocenters. The third kappa shape index (κ3) is 13.7. The first-order chi connectivity index (χ1) is 65.6. The zero-order chi connectivity index (χ0) is 88.7. The lowest BCUT2D eigenvalue weighted by Crippen LogP contribution is -2.24. The van der Waals surface area contributed by atoms with Crippen LogP contribution in [0.3, 0.4) is 0 Å². The first-order valence-electron chi connectivity index (χ1n) is 44.7. The summed E-state index contributed by atoms with van der Waals surface area (Å²) in [6.45, 7) is 0. The predicted octanol–water partition coefficient (Wildman–Crippen LogP) is 27.1. The lowest BCUT2D eigenvalue weighted by Gasteiger charge is -2.20. The second-order valence-corrected chi connectivity index (χ2v) is 42.2. The number of hydrogen-bond donors (Lipinski definition) is 0. The second-order valence-electron chi connectivity index (χ2n) is 33.9. The molecule has 6 aromatic heterocycles. The van der Waals surface area contributed by atoms with Gasteiger partial charge in [0.05, 0.1) is 49.7 Å². The average molecular weight is 1760 g/mol. The van der Waals surface area contributed by atoms with Gasteiger partial charge < -0.3 is 13.7 Å². The fourth-order valence-electron chi connectivity index (χ4n) is 19.8. The molecule has 0 saturated heterocycles. The van der Waals surface area contributed by atoms with E-state index < -0.39 is 21.4 Å². The summed E-state index contributed by atoms with van der Waals surface area (Å²) >= 11 is 0. The van der Waals surface area contributed by atoms with E-state index in [0.29, 0.717) is 0 Å². The molecule has 0 bridgehead atoms. The van der Waals surface area contributed by atoms with Crippen molar-refractivity contribution in [3.05, 3.63) is 491 Å². The van der Waals surface area contributed by atoms with E-state index in [9.17, 15) is 13.7 Å². The van der Waals surface area contributed by atoms with Crippen LogP contribution in [0.2, 0.25) is 0 Å². The normalized spacial score (nSPS) is 12.0. The number of pyridine rings is 3. The number of hydrogen-bond acceptors (Lipinski definition) is 6. The van der Waals surface area contributed by atoms with E-state index in [1.165, 1.54) is 37.9 Å². The Balaban J connectivity index is 0.000000110. The average Bonchev–Trinajstić information content (AvgIpc) is 1.59. The summed E-state index contributed by atoms with van der Waals surface area (Å²) in [6.07, 6.45) is 0. The highest BCUT2D eigenvalue weighted by atomic mass is 31.2. The monoisotopic (exact) mass is 1760 g/mol. The van der Waals surface area contributed by atoms with Gasteiger partial charge in [0.2, 0.25) is 0 Å². The Kier molecular flexibility index (Phi) is 19.9. The highest BCUT2D eigenvalue weighted by Crippen LogP contribution is 2.48. The van der Waals surface area contributed by atoms with E-state index in [0.717, 1.165) is 180 Å². The lowest BCUT2D eigenvalue weighted by atomic mass is 9.97. The number of nitrogens with zero attached hydrogens (tertiary/aromatic N) is 6. The summed E-state index contributed by atoms with van der Waals surface area (Å²) in [5, 5.41) is 20.3. The molecule has 26 rings (SSSR count). The minimum absolute atomic E-state index is 0.830. The van der Waals surface area contributed by atoms with E-state index in [1.807, 2.05) is 231 Å². The Labute approximate surface area is 767 Å². The summed E-state index contributed by atoms with van der Waals surface area (Å²) in [6, 6.07) is 168. The molecular weight excluding hydrogens is 1680 g/mol. The summed E-state index contributed by atoms with van der Waals surface area (Å²) < 4.78 is 51.3. The van der Waals surface area contributed by atoms with Crippen LogP contribution in [0, 0.1) is 0 Å². The van der Waals surface area contributed by atoms with Crippen LogP contribution in [0.5, 0.6) is 0 Å². The molecule has 0 unspecified atom stereocenters. The van der Waals surface area contributed by atoms with Crippen molar-refractivity contribution in [2.45, 2.75) is 0 Å². The largest absolute Gasteiger partial charge is 0.309 e. The molecule has 12 heteroatoms. The van der Waals surface area contributed by atoms with Gasteiger partial charge in [-0.05, 0) is 156 Å². The molecule has 20 aromatic carbocycles. The van der Waals surface area contributed by atoms with Crippen LogP contribution in [0.15, 0.2) is 491 Å². The van der Waals surface area contributed by atoms with Crippen molar-refractivity contribution < 1.29 is 13.7 Å². The van der Waals surface area contributed by atoms with Crippen molar-refractivity contribution in [3.8, 4) is 44.5 Å². The van der Waals surface area contributed by atoms with Crippen LogP contribution in [-0.2, 0) is 13.7 Å². The minimum Gasteiger partial charge on any atom is -0.309 e. The molecule has 628 valence electrons. The van der Waals surface area contributed by atoms with Gasteiger partial charge in [-0.15, -0.1) is 0 Å². The number of rotatable bonds is 13. The summed E-state index contributed by atoms with van der Waals surface area (Å²) in [7, 11) is -9.06. The molecule has 6 heterocycles. The van der Waals surface area contributed by atoms with Crippen LogP contribution < -0.4 is 47.7 Å². The van der Waals surface area contributed by atoms with Crippen molar-refractivity contribution >= 4 is 195 Å². The zero-order valence-electron chi connectivity index (χ0n) is 72.0. The number of imidazole rings is 3. The van der Waals surface area contributed by atoms with Gasteiger partial charge in [0.25, 0.3) is 0 Å². The number of benzene rings is 20. The van der Waals surface area contributed by atoms with Crippen molar-refractivity contribution in [3.63, 3.8) is 0 Å². The smallest absolute Gasteiger partial charge is 0.171 e. The van der Waals surface area contributed by atoms with Gasteiger partial charge in [0, 0.05) is 80.1 Å². The Morgan fingerprint density at radius 1 is 0.150 bits per heavy atom. The second kappa shape index (κ2) is 33.1. The zero-order valence-corrected chi connectivity index (χ0v) is 74.7. The molecular formula is C121H81N6O3P3. The van der Waals surface area contributed by atoms with Gasteiger partial charge in [0.15, 0.2) is 21.4 Å². The number of fused-ring (bicyclic) bond motifs is 25. The molecule has 0 aliphatic heterocycles. The maximum atomic E-state index is 14.9. The van der Waals surface area contributed by atoms with Crippen LogP contribution in [-0.4, -0.2) is 28.2 Å². The van der Waals surface area contributed by atoms with E-state index in [1.54, 1.807) is 0 Å². The molecule has 0 aliphatic carbocycles. The van der Waals surface area contributed by atoms with Gasteiger partial charge >= 0.3 is 0 Å². The van der Waals surface area contributed by atoms with Gasteiger partial charge in [-0.1, -0.05) is 406 Å². The quantitative estimate of drug-likeness (QED) is 0.0842. The lowest BCUT2D eigenvalue weighted by molar-refractivity contribution is 0.591. The molecule has 9 nitrogen and oxygen atoms in total. The van der Waals surface area contributed by atoms with Gasteiger partial charge in [0.1, 0.15) is 16.9 Å². The molecule has 133 heavy (non-hydrogen) atoms. The SMILES string of the molecule is O=P(c1ccccc1)(c1ccccc1)c1ccc(-c2ccc(-c3ccc4c(c3)c3ccccc3c3nc5ccccc5n43)cc2)cc1.O=P(c1ccccc1)(c1ccccc1)c1ccc(-c2ccc3c(c2)c2ccccc2c2nc4ccccc4n32)cc1.O=P(c1ccccc1)(c1ccccc1)c1ccc2cc(-c3ccc4c(c3)c3ccccc3c3nc5ccccc5n43)ccc2c1. The van der Waals surface area contributed by atoms with Crippen LogP contribution in [0.4, 0.5) is 0 Å². The Hall–Kier alpha value is -16.2. The molecule has 0 saturated carbocycles. The van der Waals surface area contributed by atoms with Crippen molar-refractivity contribution in [2.24, 2.45) is 0 Å². The van der Waals surface area contributed by atoms with E-state index in [2.05, 4.69) is 274 Å². The van der Waals surface area contributed by atoms with E-state index in [-0.39, 0.29) is 0 Å². The molecule has 0 spiro atoms.